The lowest BCUT2D eigenvalue weighted by Gasteiger charge is -2.40. The number of hydrogen-bond acceptors (Lipinski definition) is 16. The van der Waals surface area contributed by atoms with E-state index < -0.39 is 11.8 Å². The van der Waals surface area contributed by atoms with Gasteiger partial charge in [0.25, 0.3) is 11.8 Å². The van der Waals surface area contributed by atoms with Crippen LogP contribution in [0.2, 0.25) is 0 Å². The molecular weight excluding hydrogens is 719 g/mol. The molecule has 284 valence electrons. The Morgan fingerprint density at radius 3 is 1.70 bits per heavy atom. The summed E-state index contributed by atoms with van der Waals surface area (Å²) in [5.41, 5.74) is 19.0. The molecule has 0 spiro atoms. The zero-order valence-corrected chi connectivity index (χ0v) is 32.3. The number of urea groups is 1. The molecule has 20 heteroatoms. The number of anilines is 6. The van der Waals surface area contributed by atoms with Gasteiger partial charge in [-0.15, -0.1) is 0 Å². The molecule has 2 saturated heterocycles. The van der Waals surface area contributed by atoms with Crippen LogP contribution >= 0.6 is 23.1 Å². The maximum Gasteiger partial charge on any atom is 0.317 e. The Labute approximate surface area is 316 Å². The van der Waals surface area contributed by atoms with Crippen LogP contribution in [0.5, 0.6) is 0 Å². The molecule has 0 bridgehead atoms. The number of carbonyl (C=O) groups excluding carboxylic acids is 3. The van der Waals surface area contributed by atoms with Crippen molar-refractivity contribution in [2.24, 2.45) is 17.2 Å². The number of rotatable bonds is 9. The van der Waals surface area contributed by atoms with Crippen molar-refractivity contribution in [2.45, 2.75) is 77.5 Å². The Kier molecular flexibility index (Phi) is 12.6. The van der Waals surface area contributed by atoms with Gasteiger partial charge in [0.15, 0.2) is 23.0 Å². The molecule has 6 rings (SSSR count). The van der Waals surface area contributed by atoms with Gasteiger partial charge in [0.2, 0.25) is 0 Å². The lowest BCUT2D eigenvalue weighted by molar-refractivity contribution is 0.0987. The number of amides is 4. The number of nitrogens with two attached hydrogens (primary N) is 3. The first-order valence-electron chi connectivity index (χ1n) is 17.2. The average molecular weight is 766 g/mol. The zero-order chi connectivity index (χ0) is 38.4. The predicted molar refractivity (Wildman–Crippen MR) is 207 cm³/mol. The monoisotopic (exact) mass is 765 g/mol. The number of aromatic nitrogens is 6. The van der Waals surface area contributed by atoms with E-state index in [4.69, 9.17) is 17.2 Å². The van der Waals surface area contributed by atoms with E-state index in [1.165, 1.54) is 28.0 Å². The standard InChI is InChI=1S/C18H26N8O2S.C15H21N7OS/c1-10-8-14(29-24-10)23-17-15(16(19)27)20-9-13(22-17)26-7-5-6-12(11(26)2)21-18(28)25(3)4;1-8-6-12(24-21-8)20-15-13(14(17)23)18-7-11(19-15)22-5-3-4-10(16)9(22)2/h8-9,11-12H,5-7H2,1-4H3,(H2,19,27)(H,21,28)(H,22,23);6-7,9-10H,3-5,16H2,1-2H3,(H2,17,23)(H,19,20)/t11-,12-;9-,10-/m11/s1. The van der Waals surface area contributed by atoms with E-state index in [0.29, 0.717) is 23.3 Å². The van der Waals surface area contributed by atoms with Crippen LogP contribution in [-0.2, 0) is 0 Å². The minimum atomic E-state index is -0.657. The Balaban J connectivity index is 0.000000208. The molecule has 0 aromatic carbocycles. The first-order chi connectivity index (χ1) is 25.2. The van der Waals surface area contributed by atoms with Gasteiger partial charge in [-0.1, -0.05) is 0 Å². The smallest absolute Gasteiger partial charge is 0.317 e. The fraction of sp³-hybridized carbons (Fsp3) is 0.485. The van der Waals surface area contributed by atoms with Crippen LogP contribution in [-0.4, -0.2) is 103 Å². The minimum absolute atomic E-state index is 0.0138. The summed E-state index contributed by atoms with van der Waals surface area (Å²) < 4.78 is 8.43. The van der Waals surface area contributed by atoms with E-state index in [1.54, 1.807) is 26.5 Å². The molecule has 0 radical (unpaired) electrons. The second-order valence-electron chi connectivity index (χ2n) is 13.3. The van der Waals surface area contributed by atoms with Crippen LogP contribution in [0, 0.1) is 13.8 Å². The highest BCUT2D eigenvalue weighted by Crippen LogP contribution is 2.29. The zero-order valence-electron chi connectivity index (χ0n) is 30.7. The number of carbonyl (C=O) groups is 3. The van der Waals surface area contributed by atoms with E-state index in [1.807, 2.05) is 32.9 Å². The van der Waals surface area contributed by atoms with Gasteiger partial charge in [-0.3, -0.25) is 9.59 Å². The lowest BCUT2D eigenvalue weighted by atomic mass is 9.97. The third kappa shape index (κ3) is 9.62. The molecule has 4 atom stereocenters. The normalized spacial score (nSPS) is 19.8. The number of piperidine rings is 2. The van der Waals surface area contributed by atoms with Crippen LogP contribution in [0.15, 0.2) is 24.5 Å². The maximum atomic E-state index is 12.1. The summed E-state index contributed by atoms with van der Waals surface area (Å²) in [6, 6.07) is 3.87. The van der Waals surface area contributed by atoms with Crippen molar-refractivity contribution in [1.82, 2.24) is 38.9 Å². The molecule has 18 nitrogen and oxygen atoms in total. The molecule has 2 aliphatic heterocycles. The van der Waals surface area contributed by atoms with Crippen LogP contribution in [0.1, 0.15) is 71.9 Å². The van der Waals surface area contributed by atoms with Crippen LogP contribution in [0.25, 0.3) is 0 Å². The fourth-order valence-electron chi connectivity index (χ4n) is 6.09. The van der Waals surface area contributed by atoms with E-state index in [0.717, 1.165) is 60.2 Å². The topological polar surface area (TPSA) is 252 Å². The van der Waals surface area contributed by atoms with Crippen LogP contribution in [0.3, 0.4) is 0 Å². The molecule has 2 aliphatic rings. The third-order valence-electron chi connectivity index (χ3n) is 9.06. The summed E-state index contributed by atoms with van der Waals surface area (Å²) in [4.78, 5) is 59.0. The van der Waals surface area contributed by atoms with Crippen molar-refractivity contribution < 1.29 is 14.4 Å². The molecule has 6 heterocycles. The molecule has 0 unspecified atom stereocenters. The van der Waals surface area contributed by atoms with Gasteiger partial charge in [0.05, 0.1) is 29.8 Å². The molecule has 0 saturated carbocycles. The molecule has 2 fully saturated rings. The quantitative estimate of drug-likeness (QED) is 0.143. The van der Waals surface area contributed by atoms with Crippen molar-refractivity contribution in [3.8, 4) is 0 Å². The van der Waals surface area contributed by atoms with Crippen LogP contribution < -0.4 is 43.0 Å². The highest BCUT2D eigenvalue weighted by Gasteiger charge is 2.31. The summed E-state index contributed by atoms with van der Waals surface area (Å²) in [6.07, 6.45) is 6.92. The van der Waals surface area contributed by atoms with Gasteiger partial charge in [0, 0.05) is 45.3 Å². The third-order valence-corrected chi connectivity index (χ3v) is 10.7. The molecule has 4 amide bonds. The number of nitrogens with one attached hydrogen (secondary N) is 3. The van der Waals surface area contributed by atoms with Gasteiger partial charge in [-0.2, -0.15) is 8.75 Å². The first kappa shape index (κ1) is 39.0. The van der Waals surface area contributed by atoms with Crippen molar-refractivity contribution in [1.29, 1.82) is 0 Å². The van der Waals surface area contributed by atoms with E-state index in [2.05, 4.69) is 61.4 Å². The van der Waals surface area contributed by atoms with E-state index in [-0.39, 0.29) is 41.6 Å². The number of hydrogen-bond donors (Lipinski definition) is 6. The van der Waals surface area contributed by atoms with Crippen molar-refractivity contribution in [2.75, 3.05) is 47.6 Å². The van der Waals surface area contributed by atoms with Crippen molar-refractivity contribution in [3.63, 3.8) is 0 Å². The van der Waals surface area contributed by atoms with E-state index in [9.17, 15) is 14.4 Å². The summed E-state index contributed by atoms with van der Waals surface area (Å²) in [5.74, 6) is 0.665. The first-order valence-corrected chi connectivity index (χ1v) is 18.8. The maximum absolute atomic E-state index is 12.1. The molecule has 0 aliphatic carbocycles. The summed E-state index contributed by atoms with van der Waals surface area (Å²) in [6.45, 7) is 9.54. The van der Waals surface area contributed by atoms with Gasteiger partial charge >= 0.3 is 6.03 Å². The van der Waals surface area contributed by atoms with Gasteiger partial charge < -0.3 is 47.9 Å². The van der Waals surface area contributed by atoms with Crippen molar-refractivity contribution >= 4 is 74.2 Å². The second kappa shape index (κ2) is 17.1. The molecule has 53 heavy (non-hydrogen) atoms. The predicted octanol–water partition coefficient (Wildman–Crippen LogP) is 3.11. The second-order valence-corrected chi connectivity index (χ2v) is 14.9. The van der Waals surface area contributed by atoms with Crippen molar-refractivity contribution in [3.05, 3.63) is 47.3 Å². The van der Waals surface area contributed by atoms with Gasteiger partial charge in [-0.25, -0.2) is 24.7 Å². The number of primary amides is 2. The molecule has 9 N–H and O–H groups in total. The highest BCUT2D eigenvalue weighted by atomic mass is 32.1. The molecule has 4 aromatic heterocycles. The highest BCUT2D eigenvalue weighted by molar-refractivity contribution is 7.10. The Morgan fingerprint density at radius 1 is 0.792 bits per heavy atom. The Bertz CT molecular complexity index is 1920. The number of aryl methyl sites for hydroxylation is 2. The Hall–Kier alpha value is -5.21. The van der Waals surface area contributed by atoms with Gasteiger partial charge in [0.1, 0.15) is 21.6 Å². The lowest BCUT2D eigenvalue weighted by Crippen LogP contribution is -2.56. The van der Waals surface area contributed by atoms with Crippen LogP contribution in [0.4, 0.5) is 38.1 Å². The SMILES string of the molecule is Cc1cc(Nc2nc(N3CCC[C@@H](N)[C@H]3C)cnc2C(N)=O)sn1.Cc1cc(Nc2nc(N3CCC[C@@H](NC(=O)N(C)C)[C@H]3C)cnc2C(N)=O)sn1. The van der Waals surface area contributed by atoms with Gasteiger partial charge in [-0.05, 0) is 88.6 Å². The summed E-state index contributed by atoms with van der Waals surface area (Å²) in [5, 5.41) is 10.8. The summed E-state index contributed by atoms with van der Waals surface area (Å²) in [7, 11) is 3.43. The Morgan fingerprint density at radius 2 is 1.26 bits per heavy atom. The van der Waals surface area contributed by atoms with E-state index >= 15 is 0 Å². The fourth-order valence-corrected chi connectivity index (χ4v) is 7.41. The minimum Gasteiger partial charge on any atom is -0.364 e. The summed E-state index contributed by atoms with van der Waals surface area (Å²) >= 11 is 2.56. The largest absolute Gasteiger partial charge is 0.364 e. The molecule has 4 aromatic rings. The number of nitrogens with zero attached hydrogens (tertiary/aromatic N) is 9. The average Bonchev–Trinajstić information content (AvgIpc) is 3.73. The molecular formula is C33H47N15O3S2.